The number of rotatable bonds is 3. The highest BCUT2D eigenvalue weighted by Crippen LogP contribution is 2.24. The van der Waals surface area contributed by atoms with Crippen molar-refractivity contribution >= 4 is 21.8 Å². The lowest BCUT2D eigenvalue weighted by Gasteiger charge is -2.13. The van der Waals surface area contributed by atoms with E-state index in [0.717, 1.165) is 24.1 Å². The number of nitrogens with zero attached hydrogens (tertiary/aromatic N) is 3. The molecule has 2 aromatic carbocycles. The van der Waals surface area contributed by atoms with Crippen LogP contribution in [0.25, 0.3) is 21.8 Å². The van der Waals surface area contributed by atoms with Crippen molar-refractivity contribution in [2.75, 3.05) is 13.2 Å². The molecule has 6 nitrogen and oxygen atoms in total. The standard InChI is InChI=1S/C20H17N3O3/c24-19-14-5-1-3-7-16(14)23(17-8-4-2-6-15(17)19)11-18-21-20(22-26-18)13-9-10-25-12-13/h1-8,13H,9-12H2/t13-/m0/s1. The van der Waals surface area contributed by atoms with Crippen LogP contribution >= 0.6 is 0 Å². The minimum Gasteiger partial charge on any atom is -0.381 e. The molecule has 4 aromatic rings. The van der Waals surface area contributed by atoms with Gasteiger partial charge in [-0.15, -0.1) is 0 Å². The molecule has 0 unspecified atom stereocenters. The van der Waals surface area contributed by atoms with Crippen molar-refractivity contribution in [3.05, 3.63) is 70.5 Å². The van der Waals surface area contributed by atoms with Crippen molar-refractivity contribution in [2.45, 2.75) is 18.9 Å². The molecule has 0 amide bonds. The van der Waals surface area contributed by atoms with E-state index in [0.29, 0.717) is 35.6 Å². The quantitative estimate of drug-likeness (QED) is 0.533. The zero-order valence-corrected chi connectivity index (χ0v) is 14.1. The van der Waals surface area contributed by atoms with Gasteiger partial charge in [0.1, 0.15) is 6.54 Å². The molecule has 3 heterocycles. The summed E-state index contributed by atoms with van der Waals surface area (Å²) >= 11 is 0. The van der Waals surface area contributed by atoms with E-state index in [9.17, 15) is 4.79 Å². The lowest BCUT2D eigenvalue weighted by molar-refractivity contribution is 0.192. The van der Waals surface area contributed by atoms with Gasteiger partial charge in [-0.05, 0) is 30.7 Å². The minimum absolute atomic E-state index is 0.0433. The highest BCUT2D eigenvalue weighted by Gasteiger charge is 2.23. The van der Waals surface area contributed by atoms with Gasteiger partial charge in [0, 0.05) is 23.3 Å². The highest BCUT2D eigenvalue weighted by molar-refractivity contribution is 5.93. The molecule has 1 saturated heterocycles. The molecule has 1 aliphatic rings. The summed E-state index contributed by atoms with van der Waals surface area (Å²) in [6, 6.07) is 15.2. The Balaban J connectivity index is 1.66. The molecule has 5 rings (SSSR count). The van der Waals surface area contributed by atoms with E-state index in [4.69, 9.17) is 9.26 Å². The van der Waals surface area contributed by atoms with Gasteiger partial charge in [0.15, 0.2) is 11.3 Å². The molecule has 0 aliphatic carbocycles. The molecule has 1 atom stereocenters. The summed E-state index contributed by atoms with van der Waals surface area (Å²) in [5.41, 5.74) is 1.77. The number of hydrogen-bond donors (Lipinski definition) is 0. The van der Waals surface area contributed by atoms with Crippen LogP contribution in [-0.4, -0.2) is 27.9 Å². The summed E-state index contributed by atoms with van der Waals surface area (Å²) in [5.74, 6) is 1.44. The second-order valence-corrected chi connectivity index (χ2v) is 6.56. The largest absolute Gasteiger partial charge is 0.381 e. The zero-order valence-electron chi connectivity index (χ0n) is 14.1. The fourth-order valence-electron chi connectivity index (χ4n) is 3.62. The molecule has 0 N–H and O–H groups in total. The summed E-state index contributed by atoms with van der Waals surface area (Å²) in [6.45, 7) is 1.80. The first-order valence-electron chi connectivity index (χ1n) is 8.72. The number of fused-ring (bicyclic) bond motifs is 2. The van der Waals surface area contributed by atoms with Crippen LogP contribution in [0.15, 0.2) is 57.8 Å². The van der Waals surface area contributed by atoms with Crippen molar-refractivity contribution in [3.8, 4) is 0 Å². The smallest absolute Gasteiger partial charge is 0.246 e. The second-order valence-electron chi connectivity index (χ2n) is 6.56. The van der Waals surface area contributed by atoms with E-state index in [1.54, 1.807) is 0 Å². The van der Waals surface area contributed by atoms with Gasteiger partial charge in [0.05, 0.1) is 17.6 Å². The first-order chi connectivity index (χ1) is 12.8. The molecule has 26 heavy (non-hydrogen) atoms. The molecule has 0 radical (unpaired) electrons. The van der Waals surface area contributed by atoms with Gasteiger partial charge in [-0.3, -0.25) is 4.79 Å². The van der Waals surface area contributed by atoms with Crippen LogP contribution in [0, 0.1) is 0 Å². The third-order valence-corrected chi connectivity index (χ3v) is 4.95. The van der Waals surface area contributed by atoms with Crippen LogP contribution in [0.5, 0.6) is 0 Å². The Kier molecular flexibility index (Phi) is 3.57. The van der Waals surface area contributed by atoms with Crippen molar-refractivity contribution in [1.29, 1.82) is 0 Å². The maximum atomic E-state index is 12.8. The van der Waals surface area contributed by atoms with Gasteiger partial charge < -0.3 is 13.8 Å². The third kappa shape index (κ3) is 2.42. The summed E-state index contributed by atoms with van der Waals surface area (Å²) in [4.78, 5) is 17.4. The molecular formula is C20H17N3O3. The Morgan fingerprint density at radius 3 is 2.38 bits per heavy atom. The molecule has 0 spiro atoms. The fourth-order valence-corrected chi connectivity index (χ4v) is 3.62. The molecule has 1 fully saturated rings. The van der Waals surface area contributed by atoms with Gasteiger partial charge in [0.2, 0.25) is 5.89 Å². The van der Waals surface area contributed by atoms with Crippen LogP contribution in [-0.2, 0) is 11.3 Å². The molecule has 130 valence electrons. The SMILES string of the molecule is O=c1c2ccccc2n(Cc2nc([C@H]3CCOC3)no2)c2ccccc12. The average molecular weight is 347 g/mol. The maximum Gasteiger partial charge on any atom is 0.246 e. The molecule has 2 aromatic heterocycles. The number of benzene rings is 2. The summed E-state index contributed by atoms with van der Waals surface area (Å²) < 4.78 is 13.0. The van der Waals surface area contributed by atoms with Crippen LogP contribution in [0.3, 0.4) is 0 Å². The molecule has 1 aliphatic heterocycles. The molecule has 0 bridgehead atoms. The summed E-state index contributed by atoms with van der Waals surface area (Å²) in [6.07, 6.45) is 0.920. The molecule has 6 heteroatoms. The van der Waals surface area contributed by atoms with Crippen LogP contribution in [0.1, 0.15) is 24.1 Å². The Morgan fingerprint density at radius 1 is 1.04 bits per heavy atom. The third-order valence-electron chi connectivity index (χ3n) is 4.95. The van der Waals surface area contributed by atoms with Gasteiger partial charge in [-0.25, -0.2) is 0 Å². The lowest BCUT2D eigenvalue weighted by Crippen LogP contribution is -2.12. The number of hydrogen-bond acceptors (Lipinski definition) is 5. The zero-order chi connectivity index (χ0) is 17.5. The van der Waals surface area contributed by atoms with Crippen LogP contribution in [0.2, 0.25) is 0 Å². The summed E-state index contributed by atoms with van der Waals surface area (Å²) in [5, 5.41) is 5.51. The van der Waals surface area contributed by atoms with E-state index >= 15 is 0 Å². The van der Waals surface area contributed by atoms with E-state index in [1.807, 2.05) is 48.5 Å². The van der Waals surface area contributed by atoms with E-state index < -0.39 is 0 Å². The Morgan fingerprint density at radius 2 is 1.73 bits per heavy atom. The van der Waals surface area contributed by atoms with Gasteiger partial charge in [-0.1, -0.05) is 29.4 Å². The topological polar surface area (TPSA) is 70.2 Å². The Hall–Kier alpha value is -2.99. The van der Waals surface area contributed by atoms with Crippen LogP contribution < -0.4 is 5.43 Å². The number of pyridine rings is 1. The van der Waals surface area contributed by atoms with Gasteiger partial charge in [-0.2, -0.15) is 4.98 Å². The number of ether oxygens (including phenoxy) is 1. The maximum absolute atomic E-state index is 12.8. The van der Waals surface area contributed by atoms with Crippen molar-refractivity contribution in [3.63, 3.8) is 0 Å². The summed E-state index contributed by atoms with van der Waals surface area (Å²) in [7, 11) is 0. The van der Waals surface area contributed by atoms with Crippen LogP contribution in [0.4, 0.5) is 0 Å². The predicted molar refractivity (Wildman–Crippen MR) is 97.3 cm³/mol. The first-order valence-corrected chi connectivity index (χ1v) is 8.72. The van der Waals surface area contributed by atoms with Crippen molar-refractivity contribution < 1.29 is 9.26 Å². The van der Waals surface area contributed by atoms with Gasteiger partial charge >= 0.3 is 0 Å². The second kappa shape index (κ2) is 6.07. The normalized spacial score (nSPS) is 17.3. The molecular weight excluding hydrogens is 330 g/mol. The fraction of sp³-hybridized carbons (Fsp3) is 0.250. The van der Waals surface area contributed by atoms with Gasteiger partial charge in [0.25, 0.3) is 0 Å². The van der Waals surface area contributed by atoms with E-state index in [2.05, 4.69) is 14.7 Å². The van der Waals surface area contributed by atoms with E-state index in [-0.39, 0.29) is 11.3 Å². The monoisotopic (exact) mass is 347 g/mol. The lowest BCUT2D eigenvalue weighted by atomic mass is 10.1. The minimum atomic E-state index is 0.0433. The predicted octanol–water partition coefficient (Wildman–Crippen LogP) is 3.09. The van der Waals surface area contributed by atoms with Crippen molar-refractivity contribution in [1.82, 2.24) is 14.7 Å². The Labute approximate surface area is 149 Å². The highest BCUT2D eigenvalue weighted by atomic mass is 16.5. The number of para-hydroxylation sites is 2. The van der Waals surface area contributed by atoms with E-state index in [1.165, 1.54) is 0 Å². The molecule has 0 saturated carbocycles. The first kappa shape index (κ1) is 15.3. The van der Waals surface area contributed by atoms with Crippen molar-refractivity contribution in [2.24, 2.45) is 0 Å². The Bertz CT molecular complexity index is 1100. The number of aromatic nitrogens is 3. The average Bonchev–Trinajstić information content (AvgIpc) is 3.37.